The number of hydrogen-bond donors (Lipinski definition) is 2. The average molecular weight is 372 g/mol. The third-order valence-electron chi connectivity index (χ3n) is 3.53. The van der Waals surface area contributed by atoms with Crippen LogP contribution in [0.3, 0.4) is 0 Å². The van der Waals surface area contributed by atoms with E-state index >= 15 is 0 Å². The number of nitrogens with zero attached hydrogens (tertiary/aromatic N) is 5. The zero-order chi connectivity index (χ0) is 18.4. The third kappa shape index (κ3) is 4.54. The Bertz CT molecular complexity index is 865. The molecule has 0 aliphatic carbocycles. The first-order chi connectivity index (χ1) is 12.6. The number of aromatic nitrogens is 5. The van der Waals surface area contributed by atoms with Crippen LogP contribution in [0.4, 0.5) is 5.95 Å². The lowest BCUT2D eigenvalue weighted by molar-refractivity contribution is 0.0943. The number of carbonyl (C=O) groups excluding carboxylic acids is 1. The molecule has 26 heavy (non-hydrogen) atoms. The first-order valence-electron chi connectivity index (χ1n) is 8.12. The van der Waals surface area contributed by atoms with Gasteiger partial charge in [0, 0.05) is 30.5 Å². The predicted molar refractivity (Wildman–Crippen MR) is 98.6 cm³/mol. The number of carbonyl (C=O) groups is 1. The number of anilines is 1. The summed E-state index contributed by atoms with van der Waals surface area (Å²) in [5, 5.41) is 10.8. The van der Waals surface area contributed by atoms with Crippen molar-refractivity contribution in [2.45, 2.75) is 13.3 Å². The van der Waals surface area contributed by atoms with Crippen LogP contribution in [-0.2, 0) is 0 Å². The Hall–Kier alpha value is -3.00. The van der Waals surface area contributed by atoms with E-state index in [4.69, 9.17) is 11.6 Å². The molecule has 0 saturated heterocycles. The second-order valence-corrected chi connectivity index (χ2v) is 5.92. The molecule has 1 aromatic carbocycles. The maximum absolute atomic E-state index is 12.2. The Labute approximate surface area is 155 Å². The average Bonchev–Trinajstić information content (AvgIpc) is 3.05. The van der Waals surface area contributed by atoms with E-state index < -0.39 is 0 Å². The Morgan fingerprint density at radius 1 is 1.15 bits per heavy atom. The summed E-state index contributed by atoms with van der Waals surface area (Å²) in [6.07, 6.45) is 4.06. The summed E-state index contributed by atoms with van der Waals surface area (Å²) in [7, 11) is 0. The van der Waals surface area contributed by atoms with E-state index in [9.17, 15) is 4.79 Å². The molecule has 0 aliphatic heterocycles. The van der Waals surface area contributed by atoms with E-state index in [1.807, 2.05) is 12.1 Å². The van der Waals surface area contributed by atoms with Gasteiger partial charge >= 0.3 is 0 Å². The first-order valence-corrected chi connectivity index (χ1v) is 8.50. The zero-order valence-corrected chi connectivity index (χ0v) is 14.9. The summed E-state index contributed by atoms with van der Waals surface area (Å²) in [6, 6.07) is 8.93. The van der Waals surface area contributed by atoms with Crippen LogP contribution >= 0.6 is 11.6 Å². The van der Waals surface area contributed by atoms with Crippen molar-refractivity contribution in [1.82, 2.24) is 30.0 Å². The lowest BCUT2D eigenvalue weighted by Crippen LogP contribution is -2.27. The van der Waals surface area contributed by atoms with Gasteiger partial charge in [-0.2, -0.15) is 0 Å². The van der Waals surface area contributed by atoms with Gasteiger partial charge in [-0.05, 0) is 43.7 Å². The van der Waals surface area contributed by atoms with Crippen molar-refractivity contribution in [3.63, 3.8) is 0 Å². The monoisotopic (exact) mass is 371 g/mol. The van der Waals surface area contributed by atoms with Crippen LogP contribution < -0.4 is 10.6 Å². The highest BCUT2D eigenvalue weighted by Gasteiger charge is 2.14. The summed E-state index contributed by atoms with van der Waals surface area (Å²) >= 11 is 5.89. The van der Waals surface area contributed by atoms with Crippen LogP contribution in [0.2, 0.25) is 5.02 Å². The number of halogens is 1. The number of aryl methyl sites for hydroxylation is 1. The van der Waals surface area contributed by atoms with Crippen molar-refractivity contribution in [3.8, 4) is 5.69 Å². The van der Waals surface area contributed by atoms with E-state index in [2.05, 4.69) is 30.7 Å². The molecule has 0 saturated carbocycles. The standard InChI is InChI=1S/C17H18ClN7O/c1-12-23-15(24-25(12)14-6-4-13(18)5-7-14)16(26)19-8-2-9-20-17-21-10-3-11-22-17/h3-7,10-11H,2,8-9H2,1H3,(H,19,26)(H,20,21,22). The van der Waals surface area contributed by atoms with Gasteiger partial charge in [0.1, 0.15) is 5.82 Å². The number of rotatable bonds is 7. The van der Waals surface area contributed by atoms with Crippen LogP contribution in [0.1, 0.15) is 22.9 Å². The third-order valence-corrected chi connectivity index (χ3v) is 3.78. The molecular formula is C17H18ClN7O. The van der Waals surface area contributed by atoms with Crippen LogP contribution in [-0.4, -0.2) is 43.7 Å². The van der Waals surface area contributed by atoms with E-state index in [1.54, 1.807) is 42.2 Å². The van der Waals surface area contributed by atoms with Gasteiger partial charge in [-0.25, -0.2) is 19.6 Å². The highest BCUT2D eigenvalue weighted by atomic mass is 35.5. The van der Waals surface area contributed by atoms with Crippen molar-refractivity contribution in [2.24, 2.45) is 0 Å². The Balaban J connectivity index is 1.50. The van der Waals surface area contributed by atoms with Crippen molar-refractivity contribution < 1.29 is 4.79 Å². The summed E-state index contributed by atoms with van der Waals surface area (Å²) in [5.74, 6) is 1.02. The summed E-state index contributed by atoms with van der Waals surface area (Å²) in [5.41, 5.74) is 0.797. The van der Waals surface area contributed by atoms with Gasteiger partial charge in [-0.15, -0.1) is 5.10 Å². The molecule has 0 fully saturated rings. The maximum atomic E-state index is 12.2. The lowest BCUT2D eigenvalue weighted by Gasteiger charge is -2.05. The number of benzene rings is 1. The van der Waals surface area contributed by atoms with Gasteiger partial charge in [0.2, 0.25) is 11.8 Å². The molecule has 0 atom stereocenters. The van der Waals surface area contributed by atoms with Crippen LogP contribution in [0.15, 0.2) is 42.7 Å². The molecule has 0 aliphatic rings. The van der Waals surface area contributed by atoms with E-state index in [1.165, 1.54) is 0 Å². The first kappa shape index (κ1) is 17.8. The topological polar surface area (TPSA) is 97.6 Å². The molecule has 8 nitrogen and oxygen atoms in total. The van der Waals surface area contributed by atoms with E-state index in [0.717, 1.165) is 12.1 Å². The van der Waals surface area contributed by atoms with Gasteiger partial charge in [0.05, 0.1) is 5.69 Å². The molecule has 0 radical (unpaired) electrons. The van der Waals surface area contributed by atoms with Crippen LogP contribution in [0.5, 0.6) is 0 Å². The highest BCUT2D eigenvalue weighted by molar-refractivity contribution is 6.30. The fourth-order valence-corrected chi connectivity index (χ4v) is 2.40. The van der Waals surface area contributed by atoms with Crippen molar-refractivity contribution in [2.75, 3.05) is 18.4 Å². The number of nitrogens with one attached hydrogen (secondary N) is 2. The van der Waals surface area contributed by atoms with Crippen molar-refractivity contribution in [3.05, 3.63) is 59.4 Å². The quantitative estimate of drug-likeness (QED) is 0.618. The molecule has 0 bridgehead atoms. The molecule has 2 aromatic heterocycles. The molecule has 2 heterocycles. The van der Waals surface area contributed by atoms with Gasteiger partial charge in [-0.3, -0.25) is 4.79 Å². The largest absolute Gasteiger partial charge is 0.354 e. The summed E-state index contributed by atoms with van der Waals surface area (Å²) in [4.78, 5) is 24.6. The smallest absolute Gasteiger partial charge is 0.290 e. The highest BCUT2D eigenvalue weighted by Crippen LogP contribution is 2.14. The van der Waals surface area contributed by atoms with E-state index in [0.29, 0.717) is 29.9 Å². The van der Waals surface area contributed by atoms with Gasteiger partial charge in [0.25, 0.3) is 5.91 Å². The fourth-order valence-electron chi connectivity index (χ4n) is 2.27. The molecular weight excluding hydrogens is 354 g/mol. The van der Waals surface area contributed by atoms with Crippen molar-refractivity contribution >= 4 is 23.5 Å². The normalized spacial score (nSPS) is 10.5. The zero-order valence-electron chi connectivity index (χ0n) is 14.2. The van der Waals surface area contributed by atoms with Crippen LogP contribution in [0.25, 0.3) is 5.69 Å². The van der Waals surface area contributed by atoms with E-state index in [-0.39, 0.29) is 11.7 Å². The van der Waals surface area contributed by atoms with Gasteiger partial charge in [-0.1, -0.05) is 11.6 Å². The number of amides is 1. The molecule has 134 valence electrons. The molecule has 1 amide bonds. The molecule has 3 aromatic rings. The second-order valence-electron chi connectivity index (χ2n) is 5.48. The Morgan fingerprint density at radius 2 is 1.88 bits per heavy atom. The summed E-state index contributed by atoms with van der Waals surface area (Å²) in [6.45, 7) is 2.94. The Kier molecular flexibility index (Phi) is 5.75. The van der Waals surface area contributed by atoms with Gasteiger partial charge < -0.3 is 10.6 Å². The predicted octanol–water partition coefficient (Wildman–Crippen LogP) is 2.25. The summed E-state index contributed by atoms with van der Waals surface area (Å²) < 4.78 is 1.61. The minimum absolute atomic E-state index is 0.136. The lowest BCUT2D eigenvalue weighted by atomic mass is 10.3. The maximum Gasteiger partial charge on any atom is 0.290 e. The number of hydrogen-bond acceptors (Lipinski definition) is 6. The SMILES string of the molecule is Cc1nc(C(=O)NCCCNc2ncccn2)nn1-c1ccc(Cl)cc1. The Morgan fingerprint density at radius 3 is 2.62 bits per heavy atom. The molecule has 0 spiro atoms. The van der Waals surface area contributed by atoms with Gasteiger partial charge in [0.15, 0.2) is 0 Å². The van der Waals surface area contributed by atoms with Crippen molar-refractivity contribution in [1.29, 1.82) is 0 Å². The molecule has 2 N–H and O–H groups in total. The second kappa shape index (κ2) is 8.39. The molecule has 9 heteroatoms. The minimum atomic E-state index is -0.309. The fraction of sp³-hybridized carbons (Fsp3) is 0.235. The molecule has 0 unspecified atom stereocenters. The molecule has 3 rings (SSSR count). The van der Waals surface area contributed by atoms with Crippen LogP contribution in [0, 0.1) is 6.92 Å². The minimum Gasteiger partial charge on any atom is -0.354 e.